The summed E-state index contributed by atoms with van der Waals surface area (Å²) in [5.41, 5.74) is 8.42. The molecule has 0 saturated carbocycles. The van der Waals surface area contributed by atoms with Crippen molar-refractivity contribution in [3.63, 3.8) is 0 Å². The van der Waals surface area contributed by atoms with Gasteiger partial charge in [-0.2, -0.15) is 0 Å². The lowest BCUT2D eigenvalue weighted by Crippen LogP contribution is -2.24. The van der Waals surface area contributed by atoms with E-state index in [2.05, 4.69) is 4.98 Å². The molecule has 4 nitrogen and oxygen atoms in total. The smallest absolute Gasteiger partial charge is 0.227 e. The number of nitrogens with two attached hydrogens (primary N) is 1. The van der Waals surface area contributed by atoms with Crippen LogP contribution in [0.3, 0.4) is 0 Å². The second kappa shape index (κ2) is 5.42. The molecule has 1 aliphatic heterocycles. The molecule has 0 aliphatic carbocycles. The first-order chi connectivity index (χ1) is 9.67. The fourth-order valence-electron chi connectivity index (χ4n) is 2.37. The van der Waals surface area contributed by atoms with Crippen LogP contribution in [0.15, 0.2) is 29.6 Å². The molecule has 104 valence electrons. The van der Waals surface area contributed by atoms with Crippen LogP contribution in [0.2, 0.25) is 0 Å². The number of nitrogens with zero attached hydrogens (tertiary/aromatic N) is 2. The molecule has 1 amide bonds. The molecule has 2 aromatic rings. The van der Waals surface area contributed by atoms with Crippen LogP contribution in [0.1, 0.15) is 6.42 Å². The number of benzene rings is 1. The molecule has 0 spiro atoms. The molecule has 0 radical (unpaired) electrons. The van der Waals surface area contributed by atoms with E-state index < -0.39 is 0 Å². The van der Waals surface area contributed by atoms with Gasteiger partial charge < -0.3 is 10.6 Å². The summed E-state index contributed by atoms with van der Waals surface area (Å²) in [4.78, 5) is 18.0. The van der Waals surface area contributed by atoms with Gasteiger partial charge in [0.15, 0.2) is 5.13 Å². The Labute approximate surface area is 126 Å². The SMILES string of the molecule is Nc1nc(-c2ccc(N3CC(CCl)CC3=O)cc2)cs1. The van der Waals surface area contributed by atoms with Crippen molar-refractivity contribution in [3.05, 3.63) is 29.6 Å². The van der Waals surface area contributed by atoms with Gasteiger partial charge in [-0.25, -0.2) is 4.98 Å². The lowest BCUT2D eigenvalue weighted by Gasteiger charge is -2.16. The summed E-state index contributed by atoms with van der Waals surface area (Å²) < 4.78 is 0. The molecule has 1 saturated heterocycles. The zero-order valence-corrected chi connectivity index (χ0v) is 12.3. The molecular formula is C14H14ClN3OS. The summed E-state index contributed by atoms with van der Waals surface area (Å²) in [6.45, 7) is 0.700. The molecule has 1 aliphatic rings. The van der Waals surface area contributed by atoms with Crippen LogP contribution in [0, 0.1) is 5.92 Å². The normalized spacial score (nSPS) is 18.8. The first-order valence-corrected chi connectivity index (χ1v) is 7.76. The highest BCUT2D eigenvalue weighted by molar-refractivity contribution is 7.13. The van der Waals surface area contributed by atoms with Gasteiger partial charge in [0.2, 0.25) is 5.91 Å². The number of hydrogen-bond donors (Lipinski definition) is 1. The number of anilines is 2. The van der Waals surface area contributed by atoms with Crippen LogP contribution >= 0.6 is 22.9 Å². The Bertz CT molecular complexity index is 626. The van der Waals surface area contributed by atoms with E-state index in [1.165, 1.54) is 11.3 Å². The van der Waals surface area contributed by atoms with E-state index in [-0.39, 0.29) is 11.8 Å². The molecule has 1 aromatic heterocycles. The number of halogens is 1. The summed E-state index contributed by atoms with van der Waals surface area (Å²) in [5, 5.41) is 2.48. The highest BCUT2D eigenvalue weighted by Crippen LogP contribution is 2.29. The molecule has 1 aromatic carbocycles. The molecular weight excluding hydrogens is 294 g/mol. The van der Waals surface area contributed by atoms with Crippen molar-refractivity contribution in [3.8, 4) is 11.3 Å². The maximum absolute atomic E-state index is 11.9. The van der Waals surface area contributed by atoms with Crippen LogP contribution in [0.4, 0.5) is 10.8 Å². The zero-order chi connectivity index (χ0) is 14.1. The Morgan fingerprint density at radius 1 is 1.40 bits per heavy atom. The number of amides is 1. The number of rotatable bonds is 3. The average molecular weight is 308 g/mol. The number of thiazole rings is 1. The average Bonchev–Trinajstić information content (AvgIpc) is 3.05. The Hall–Kier alpha value is -1.59. The van der Waals surface area contributed by atoms with Crippen LogP contribution in [0.25, 0.3) is 11.3 Å². The topological polar surface area (TPSA) is 59.2 Å². The number of aromatic nitrogens is 1. The van der Waals surface area contributed by atoms with Gasteiger partial charge in [0, 0.05) is 35.5 Å². The van der Waals surface area contributed by atoms with Crippen LogP contribution < -0.4 is 10.6 Å². The van der Waals surface area contributed by atoms with E-state index in [9.17, 15) is 4.79 Å². The first kappa shape index (κ1) is 13.4. The number of carbonyl (C=O) groups excluding carboxylic acids is 1. The quantitative estimate of drug-likeness (QED) is 0.887. The van der Waals surface area contributed by atoms with Gasteiger partial charge in [-0.3, -0.25) is 4.79 Å². The third-order valence-electron chi connectivity index (χ3n) is 3.42. The molecule has 6 heteroatoms. The van der Waals surface area contributed by atoms with E-state index in [1.54, 1.807) is 4.90 Å². The lowest BCUT2D eigenvalue weighted by molar-refractivity contribution is -0.117. The fraction of sp³-hybridized carbons (Fsp3) is 0.286. The predicted octanol–water partition coefficient (Wildman–Crippen LogP) is 2.98. The third-order valence-corrected chi connectivity index (χ3v) is 4.53. The fourth-order valence-corrected chi connectivity index (χ4v) is 3.15. The maximum Gasteiger partial charge on any atom is 0.227 e. The molecule has 1 fully saturated rings. The van der Waals surface area contributed by atoms with Crippen LogP contribution in [0.5, 0.6) is 0 Å². The molecule has 2 heterocycles. The Morgan fingerprint density at radius 2 is 2.15 bits per heavy atom. The van der Waals surface area contributed by atoms with Crippen LogP contribution in [-0.2, 0) is 4.79 Å². The van der Waals surface area contributed by atoms with E-state index in [4.69, 9.17) is 17.3 Å². The second-order valence-corrected chi connectivity index (χ2v) is 6.04. The van der Waals surface area contributed by atoms with Crippen LogP contribution in [-0.4, -0.2) is 23.3 Å². The van der Waals surface area contributed by atoms with Crippen molar-refractivity contribution in [2.24, 2.45) is 5.92 Å². The van der Waals surface area contributed by atoms with Crippen molar-refractivity contribution in [2.45, 2.75) is 6.42 Å². The Morgan fingerprint density at radius 3 is 2.70 bits per heavy atom. The van der Waals surface area contributed by atoms with Crippen molar-refractivity contribution in [1.82, 2.24) is 4.98 Å². The molecule has 2 N–H and O–H groups in total. The van der Waals surface area contributed by atoms with Crippen molar-refractivity contribution in [1.29, 1.82) is 0 Å². The second-order valence-electron chi connectivity index (χ2n) is 4.85. The minimum absolute atomic E-state index is 0.140. The third kappa shape index (κ3) is 2.51. The van der Waals surface area contributed by atoms with Crippen molar-refractivity contribution >= 4 is 39.7 Å². The van der Waals surface area contributed by atoms with Gasteiger partial charge in [0.25, 0.3) is 0 Å². The summed E-state index contributed by atoms with van der Waals surface area (Å²) >= 11 is 7.26. The summed E-state index contributed by atoms with van der Waals surface area (Å²) in [6.07, 6.45) is 0.536. The Balaban J connectivity index is 1.81. The first-order valence-electron chi connectivity index (χ1n) is 6.35. The maximum atomic E-state index is 11.9. The van der Waals surface area contributed by atoms with Crippen molar-refractivity contribution < 1.29 is 4.79 Å². The number of hydrogen-bond acceptors (Lipinski definition) is 4. The van der Waals surface area contributed by atoms with E-state index in [1.807, 2.05) is 29.6 Å². The largest absolute Gasteiger partial charge is 0.375 e. The minimum Gasteiger partial charge on any atom is -0.375 e. The monoisotopic (exact) mass is 307 g/mol. The zero-order valence-electron chi connectivity index (χ0n) is 10.8. The highest BCUT2D eigenvalue weighted by atomic mass is 35.5. The van der Waals surface area contributed by atoms with Crippen molar-refractivity contribution in [2.75, 3.05) is 23.1 Å². The standard InChI is InChI=1S/C14H14ClN3OS/c15-6-9-5-13(19)18(7-9)11-3-1-10(2-4-11)12-8-20-14(16)17-12/h1-4,8-9H,5-7H2,(H2,16,17). The van der Waals surface area contributed by atoms with Gasteiger partial charge in [-0.15, -0.1) is 22.9 Å². The highest BCUT2D eigenvalue weighted by Gasteiger charge is 2.29. The molecule has 0 bridgehead atoms. The number of alkyl halides is 1. The van der Waals surface area contributed by atoms with E-state index in [0.717, 1.165) is 16.9 Å². The van der Waals surface area contributed by atoms with Gasteiger partial charge in [-0.1, -0.05) is 12.1 Å². The van der Waals surface area contributed by atoms with E-state index >= 15 is 0 Å². The van der Waals surface area contributed by atoms with Gasteiger partial charge >= 0.3 is 0 Å². The van der Waals surface area contributed by atoms with Gasteiger partial charge in [0.05, 0.1) is 5.69 Å². The number of nitrogen functional groups attached to an aromatic ring is 1. The summed E-state index contributed by atoms with van der Waals surface area (Å²) in [6, 6.07) is 7.81. The lowest BCUT2D eigenvalue weighted by atomic mass is 10.1. The Kier molecular flexibility index (Phi) is 3.63. The predicted molar refractivity (Wildman–Crippen MR) is 83.1 cm³/mol. The number of carbonyl (C=O) groups is 1. The minimum atomic E-state index is 0.140. The van der Waals surface area contributed by atoms with Gasteiger partial charge in [0.1, 0.15) is 0 Å². The summed E-state index contributed by atoms with van der Waals surface area (Å²) in [7, 11) is 0. The van der Waals surface area contributed by atoms with E-state index in [0.29, 0.717) is 24.0 Å². The summed E-state index contributed by atoms with van der Waals surface area (Å²) in [5.74, 6) is 0.918. The molecule has 20 heavy (non-hydrogen) atoms. The molecule has 1 unspecified atom stereocenters. The molecule has 1 atom stereocenters. The molecule has 3 rings (SSSR count). The van der Waals surface area contributed by atoms with Gasteiger partial charge in [-0.05, 0) is 18.1 Å².